The highest BCUT2D eigenvalue weighted by molar-refractivity contribution is 9.10. The number of para-hydroxylation sites is 2. The van der Waals surface area contributed by atoms with Gasteiger partial charge in [-0.2, -0.15) is 13.2 Å². The van der Waals surface area contributed by atoms with E-state index in [9.17, 15) is 26.4 Å². The van der Waals surface area contributed by atoms with Crippen LogP contribution in [0.1, 0.15) is 34.7 Å². The summed E-state index contributed by atoms with van der Waals surface area (Å²) in [5, 5.41) is 6.25. The molecule has 3 aromatic rings. The highest BCUT2D eigenvalue weighted by Gasteiger charge is 2.39. The summed E-state index contributed by atoms with van der Waals surface area (Å²) >= 11 is 3.44. The topological polar surface area (TPSA) is 155 Å². The number of halogens is 4. The summed E-state index contributed by atoms with van der Waals surface area (Å²) in [7, 11) is -3.67. The fourth-order valence-electron chi connectivity index (χ4n) is 3.28. The lowest BCUT2D eigenvalue weighted by Crippen LogP contribution is -2.21. The predicted molar refractivity (Wildman–Crippen MR) is 119 cm³/mol. The lowest BCUT2D eigenvalue weighted by atomic mass is 10.0. The lowest BCUT2D eigenvalue weighted by molar-refractivity contribution is -0.192. The van der Waals surface area contributed by atoms with Gasteiger partial charge in [-0.3, -0.25) is 9.52 Å². The highest BCUT2D eigenvalue weighted by atomic mass is 79.9. The maximum Gasteiger partial charge on any atom is 0.490 e. The van der Waals surface area contributed by atoms with Crippen LogP contribution < -0.4 is 10.5 Å². The number of fused-ring (bicyclic) bond motifs is 1. The van der Waals surface area contributed by atoms with Crippen molar-refractivity contribution in [2.75, 3.05) is 0 Å². The van der Waals surface area contributed by atoms with Crippen molar-refractivity contribution in [1.82, 2.24) is 14.7 Å². The van der Waals surface area contributed by atoms with Gasteiger partial charge >= 0.3 is 12.1 Å². The Balaban J connectivity index is 0.000000406. The fraction of sp³-hybridized carbons (Fsp3) is 0.250. The van der Waals surface area contributed by atoms with Crippen molar-refractivity contribution in [3.8, 4) is 0 Å². The molecule has 1 unspecified atom stereocenters. The molecule has 0 radical (unpaired) electrons. The standard InChI is InChI=1S/C18H17BrN4O3S.C2HF3O2/c19-12-7-10(5-6-11(12)16-9-17(24)23-27(16,25)26)8-13(20)18-21-14-3-1-2-4-15(14)22-18;3-2(4,5)1(6)7/h1-7,13,16H,8-9,20H2,(H,21,22)(H,23,24);(H,6,7)/t13-,16?;/m0./s1. The highest BCUT2D eigenvalue weighted by Crippen LogP contribution is 2.35. The van der Waals surface area contributed by atoms with E-state index >= 15 is 0 Å². The number of carboxylic acids is 1. The number of aromatic amines is 1. The summed E-state index contributed by atoms with van der Waals surface area (Å²) in [6, 6.07) is 12.8. The average Bonchev–Trinajstić information content (AvgIpc) is 3.27. The van der Waals surface area contributed by atoms with E-state index < -0.39 is 33.3 Å². The van der Waals surface area contributed by atoms with Crippen molar-refractivity contribution in [2.45, 2.75) is 30.3 Å². The number of aliphatic carboxylic acids is 1. The number of carboxylic acid groups (broad SMARTS) is 1. The predicted octanol–water partition coefficient (Wildman–Crippen LogP) is 3.09. The average molecular weight is 563 g/mol. The Morgan fingerprint density at radius 1 is 1.26 bits per heavy atom. The number of carbonyl (C=O) groups is 2. The Labute approximate surface area is 199 Å². The summed E-state index contributed by atoms with van der Waals surface area (Å²) in [4.78, 5) is 28.1. The third-order valence-corrected chi connectivity index (χ3v) is 7.24. The number of carbonyl (C=O) groups excluding carboxylic acids is 1. The van der Waals surface area contributed by atoms with E-state index in [2.05, 4.69) is 25.9 Å². The van der Waals surface area contributed by atoms with Gasteiger partial charge in [0.15, 0.2) is 0 Å². The zero-order valence-corrected chi connectivity index (χ0v) is 19.5. The van der Waals surface area contributed by atoms with E-state index in [-0.39, 0.29) is 12.5 Å². The fourth-order valence-corrected chi connectivity index (χ4v) is 5.59. The molecule has 34 heavy (non-hydrogen) atoms. The Morgan fingerprint density at radius 2 is 1.91 bits per heavy atom. The minimum atomic E-state index is -5.08. The van der Waals surface area contributed by atoms with Crippen molar-refractivity contribution in [3.05, 3.63) is 63.9 Å². The van der Waals surface area contributed by atoms with E-state index in [1.807, 2.05) is 41.1 Å². The first-order chi connectivity index (χ1) is 15.8. The molecular formula is C20H18BrF3N4O5S. The van der Waals surface area contributed by atoms with Crippen molar-refractivity contribution >= 4 is 48.9 Å². The molecule has 4 rings (SSSR count). The van der Waals surface area contributed by atoms with Crippen molar-refractivity contribution < 1.29 is 36.3 Å². The van der Waals surface area contributed by atoms with Crippen LogP contribution >= 0.6 is 15.9 Å². The molecule has 14 heteroatoms. The van der Waals surface area contributed by atoms with Gasteiger partial charge in [-0.05, 0) is 35.7 Å². The SMILES string of the molecule is N[C@@H](Cc1ccc(C2CC(=O)NS2(=O)=O)c(Br)c1)c1nc2ccccc2[nH]1.O=C(O)C(F)(F)F. The van der Waals surface area contributed by atoms with Gasteiger partial charge in [0.2, 0.25) is 15.9 Å². The van der Waals surface area contributed by atoms with Gasteiger partial charge in [-0.1, -0.05) is 40.2 Å². The van der Waals surface area contributed by atoms with Crippen LogP contribution in [-0.2, 0) is 26.0 Å². The van der Waals surface area contributed by atoms with E-state index in [0.717, 1.165) is 16.6 Å². The molecule has 5 N–H and O–H groups in total. The van der Waals surface area contributed by atoms with Crippen molar-refractivity contribution in [3.63, 3.8) is 0 Å². The molecule has 0 aliphatic carbocycles. The molecule has 0 saturated carbocycles. The van der Waals surface area contributed by atoms with E-state index in [1.54, 1.807) is 6.07 Å². The summed E-state index contributed by atoms with van der Waals surface area (Å²) in [6.45, 7) is 0. The molecule has 2 aromatic carbocycles. The Hall–Kier alpha value is -2.97. The lowest BCUT2D eigenvalue weighted by Gasteiger charge is -2.14. The number of benzene rings is 2. The van der Waals surface area contributed by atoms with Crippen LogP contribution in [0.4, 0.5) is 13.2 Å². The third-order valence-electron chi connectivity index (χ3n) is 4.87. The van der Waals surface area contributed by atoms with Crippen LogP contribution in [0.5, 0.6) is 0 Å². The normalized spacial score (nSPS) is 18.1. The largest absolute Gasteiger partial charge is 0.490 e. The zero-order valence-electron chi connectivity index (χ0n) is 17.1. The summed E-state index contributed by atoms with van der Waals surface area (Å²) in [5.41, 5.74) is 9.60. The second kappa shape index (κ2) is 9.72. The number of hydrogen-bond donors (Lipinski definition) is 4. The summed E-state index contributed by atoms with van der Waals surface area (Å²) in [6.07, 6.45) is -4.62. The quantitative estimate of drug-likeness (QED) is 0.380. The monoisotopic (exact) mass is 562 g/mol. The molecule has 1 amide bonds. The molecule has 182 valence electrons. The van der Waals surface area contributed by atoms with Crippen LogP contribution in [0, 0.1) is 0 Å². The third kappa shape index (κ3) is 5.93. The first-order valence-corrected chi connectivity index (χ1v) is 11.9. The zero-order chi connectivity index (χ0) is 25.3. The Bertz CT molecular complexity index is 1310. The van der Waals surface area contributed by atoms with Gasteiger partial charge < -0.3 is 15.8 Å². The Morgan fingerprint density at radius 3 is 2.44 bits per heavy atom. The molecule has 2 atom stereocenters. The smallest absolute Gasteiger partial charge is 0.475 e. The number of alkyl halides is 3. The maximum atomic E-state index is 12.1. The molecule has 2 heterocycles. The number of sulfonamides is 1. The van der Waals surface area contributed by atoms with Gasteiger partial charge in [0.05, 0.1) is 23.5 Å². The number of imidazole rings is 1. The van der Waals surface area contributed by atoms with Gasteiger partial charge in [-0.15, -0.1) is 0 Å². The van der Waals surface area contributed by atoms with Crippen LogP contribution in [-0.4, -0.2) is 41.5 Å². The number of rotatable bonds is 4. The van der Waals surface area contributed by atoms with E-state index in [4.69, 9.17) is 15.6 Å². The van der Waals surface area contributed by atoms with Crippen LogP contribution in [0.15, 0.2) is 46.9 Å². The number of hydrogen-bond acceptors (Lipinski definition) is 6. The molecule has 1 fully saturated rings. The van der Waals surface area contributed by atoms with E-state index in [0.29, 0.717) is 22.3 Å². The van der Waals surface area contributed by atoms with Crippen molar-refractivity contribution in [2.24, 2.45) is 5.73 Å². The number of nitrogens with one attached hydrogen (secondary N) is 2. The second-order valence-corrected chi connectivity index (χ2v) is 10.1. The number of nitrogens with zero attached hydrogens (tertiary/aromatic N) is 1. The number of nitrogens with two attached hydrogens (primary N) is 1. The first-order valence-electron chi connectivity index (χ1n) is 9.61. The first kappa shape index (κ1) is 25.6. The van der Waals surface area contributed by atoms with Gasteiger partial charge in [0, 0.05) is 4.47 Å². The number of H-pyrrole nitrogens is 1. The van der Waals surface area contributed by atoms with E-state index in [1.165, 1.54) is 0 Å². The van der Waals surface area contributed by atoms with Crippen LogP contribution in [0.2, 0.25) is 0 Å². The summed E-state index contributed by atoms with van der Waals surface area (Å²) < 4.78 is 58.6. The molecule has 0 spiro atoms. The second-order valence-electron chi connectivity index (χ2n) is 7.37. The van der Waals surface area contributed by atoms with Crippen LogP contribution in [0.25, 0.3) is 11.0 Å². The molecular weight excluding hydrogens is 545 g/mol. The molecule has 1 aliphatic heterocycles. The van der Waals surface area contributed by atoms with Crippen molar-refractivity contribution in [1.29, 1.82) is 0 Å². The molecule has 0 bridgehead atoms. The van der Waals surface area contributed by atoms with Gasteiger partial charge in [0.25, 0.3) is 0 Å². The molecule has 9 nitrogen and oxygen atoms in total. The number of aromatic nitrogens is 2. The minimum Gasteiger partial charge on any atom is -0.475 e. The van der Waals surface area contributed by atoms with Gasteiger partial charge in [-0.25, -0.2) is 18.2 Å². The summed E-state index contributed by atoms with van der Waals surface area (Å²) in [5.74, 6) is -2.54. The minimum absolute atomic E-state index is 0.0707. The van der Waals surface area contributed by atoms with Gasteiger partial charge in [0.1, 0.15) is 11.1 Å². The number of amides is 1. The van der Waals surface area contributed by atoms with Crippen LogP contribution in [0.3, 0.4) is 0 Å². The Kier molecular flexibility index (Phi) is 7.33. The molecule has 1 aliphatic rings. The molecule has 1 saturated heterocycles. The molecule has 1 aromatic heterocycles. The maximum absolute atomic E-state index is 12.1.